The van der Waals surface area contributed by atoms with Crippen molar-refractivity contribution >= 4 is 46.8 Å². The summed E-state index contributed by atoms with van der Waals surface area (Å²) in [5, 5.41) is 5.52. The van der Waals surface area contributed by atoms with E-state index < -0.39 is 17.6 Å². The molecule has 3 aromatic carbocycles. The second-order valence-corrected chi connectivity index (χ2v) is 7.56. The summed E-state index contributed by atoms with van der Waals surface area (Å²) in [6, 6.07) is 14.9. The zero-order valence-corrected chi connectivity index (χ0v) is 19.1. The fraction of sp³-hybridized carbons (Fsp3) is 0.0833. The number of hydrogen-bond acceptors (Lipinski definition) is 4. The lowest BCUT2D eigenvalue weighted by Crippen LogP contribution is -2.30. The van der Waals surface area contributed by atoms with E-state index in [1.165, 1.54) is 44.6 Å². The summed E-state index contributed by atoms with van der Waals surface area (Å²) in [5.74, 6) is -0.834. The summed E-state index contributed by atoms with van der Waals surface area (Å²) in [7, 11) is 2.99. The molecular weight excluding hydrogens is 470 g/mol. The van der Waals surface area contributed by atoms with E-state index in [4.69, 9.17) is 32.7 Å². The van der Waals surface area contributed by atoms with Crippen molar-refractivity contribution in [1.29, 1.82) is 0 Å². The van der Waals surface area contributed by atoms with E-state index in [1.54, 1.807) is 30.3 Å². The quantitative estimate of drug-likeness (QED) is 0.426. The van der Waals surface area contributed by atoms with Crippen LogP contribution < -0.4 is 20.1 Å². The van der Waals surface area contributed by atoms with Gasteiger partial charge in [-0.2, -0.15) is 0 Å². The molecule has 3 aromatic rings. The van der Waals surface area contributed by atoms with Gasteiger partial charge in [0.2, 0.25) is 0 Å². The molecule has 2 N–H and O–H groups in total. The van der Waals surface area contributed by atoms with E-state index >= 15 is 0 Å². The van der Waals surface area contributed by atoms with Crippen LogP contribution in [0.3, 0.4) is 0 Å². The molecule has 0 unspecified atom stereocenters. The summed E-state index contributed by atoms with van der Waals surface area (Å²) in [5.41, 5.74) is 1.05. The van der Waals surface area contributed by atoms with Crippen molar-refractivity contribution in [2.75, 3.05) is 19.5 Å². The first-order valence-electron chi connectivity index (χ1n) is 9.57. The molecule has 6 nitrogen and oxygen atoms in total. The Balaban J connectivity index is 1.94. The number of nitrogens with one attached hydrogen (secondary N) is 2. The number of anilines is 1. The van der Waals surface area contributed by atoms with Crippen LogP contribution in [-0.2, 0) is 4.79 Å². The van der Waals surface area contributed by atoms with Crippen molar-refractivity contribution in [1.82, 2.24) is 5.32 Å². The number of ether oxygens (including phenoxy) is 2. The van der Waals surface area contributed by atoms with Crippen LogP contribution in [0.5, 0.6) is 11.5 Å². The Morgan fingerprint density at radius 3 is 2.24 bits per heavy atom. The van der Waals surface area contributed by atoms with Gasteiger partial charge in [0.15, 0.2) is 11.5 Å². The van der Waals surface area contributed by atoms with Crippen LogP contribution in [-0.4, -0.2) is 26.0 Å². The summed E-state index contributed by atoms with van der Waals surface area (Å²) in [6.45, 7) is 0. The molecule has 33 heavy (non-hydrogen) atoms. The Morgan fingerprint density at radius 1 is 0.909 bits per heavy atom. The van der Waals surface area contributed by atoms with Crippen molar-refractivity contribution in [3.63, 3.8) is 0 Å². The maximum Gasteiger partial charge on any atom is 0.272 e. The van der Waals surface area contributed by atoms with Crippen LogP contribution in [0.4, 0.5) is 10.1 Å². The van der Waals surface area contributed by atoms with Gasteiger partial charge >= 0.3 is 0 Å². The van der Waals surface area contributed by atoms with Gasteiger partial charge in [-0.25, -0.2) is 4.39 Å². The molecule has 0 aliphatic carbocycles. The highest BCUT2D eigenvalue weighted by Crippen LogP contribution is 2.28. The molecule has 0 saturated heterocycles. The number of amides is 2. The predicted octanol–water partition coefficient (Wildman–Crippen LogP) is 5.56. The van der Waals surface area contributed by atoms with Gasteiger partial charge in [0.25, 0.3) is 11.8 Å². The minimum atomic E-state index is -0.644. The average Bonchev–Trinajstić information content (AvgIpc) is 2.81. The van der Waals surface area contributed by atoms with Crippen LogP contribution in [0.15, 0.2) is 66.4 Å². The van der Waals surface area contributed by atoms with E-state index in [0.717, 1.165) is 6.07 Å². The highest BCUT2D eigenvalue weighted by Gasteiger charge is 2.16. The van der Waals surface area contributed by atoms with Gasteiger partial charge in [-0.05, 0) is 66.2 Å². The number of carbonyl (C=O) groups is 2. The zero-order valence-electron chi connectivity index (χ0n) is 17.6. The van der Waals surface area contributed by atoms with Crippen LogP contribution in [0, 0.1) is 5.82 Å². The summed E-state index contributed by atoms with van der Waals surface area (Å²) in [4.78, 5) is 25.7. The molecule has 0 bridgehead atoms. The summed E-state index contributed by atoms with van der Waals surface area (Å²) >= 11 is 11.7. The second kappa shape index (κ2) is 10.8. The van der Waals surface area contributed by atoms with Crippen molar-refractivity contribution in [2.45, 2.75) is 0 Å². The molecule has 0 atom stereocenters. The third-order valence-corrected chi connectivity index (χ3v) is 5.04. The van der Waals surface area contributed by atoms with E-state index in [-0.39, 0.29) is 16.4 Å². The topological polar surface area (TPSA) is 76.7 Å². The maximum atomic E-state index is 13.5. The Labute approximate surface area is 199 Å². The van der Waals surface area contributed by atoms with Gasteiger partial charge < -0.3 is 20.1 Å². The van der Waals surface area contributed by atoms with Gasteiger partial charge in [-0.15, -0.1) is 0 Å². The van der Waals surface area contributed by atoms with Crippen LogP contribution in [0.2, 0.25) is 10.0 Å². The van der Waals surface area contributed by atoms with Crippen molar-refractivity contribution in [3.05, 3.63) is 93.4 Å². The van der Waals surface area contributed by atoms with Crippen LogP contribution in [0.1, 0.15) is 15.9 Å². The minimum Gasteiger partial charge on any atom is -0.493 e. The number of hydrogen-bond donors (Lipinski definition) is 2. The summed E-state index contributed by atoms with van der Waals surface area (Å²) < 4.78 is 24.0. The molecule has 0 heterocycles. The highest BCUT2D eigenvalue weighted by atomic mass is 35.5. The first-order valence-corrected chi connectivity index (χ1v) is 10.3. The molecule has 0 aromatic heterocycles. The van der Waals surface area contributed by atoms with Gasteiger partial charge in [0.05, 0.1) is 19.2 Å². The molecule has 0 spiro atoms. The SMILES string of the molecule is COc1ccc(/C=C(/NC(=O)c2ccc(Cl)cc2)C(=O)Nc2ccc(F)c(Cl)c2)cc1OC. The number of halogens is 3. The first-order chi connectivity index (χ1) is 15.8. The maximum absolute atomic E-state index is 13.5. The monoisotopic (exact) mass is 488 g/mol. The average molecular weight is 489 g/mol. The molecule has 2 amide bonds. The number of rotatable bonds is 7. The summed E-state index contributed by atoms with van der Waals surface area (Å²) in [6.07, 6.45) is 1.47. The number of carbonyl (C=O) groups excluding carboxylic acids is 2. The van der Waals surface area contributed by atoms with Gasteiger partial charge in [-0.3, -0.25) is 9.59 Å². The van der Waals surface area contributed by atoms with E-state index in [1.807, 2.05) is 0 Å². The lowest BCUT2D eigenvalue weighted by atomic mass is 10.1. The molecule has 0 fully saturated rings. The van der Waals surface area contributed by atoms with Gasteiger partial charge in [-0.1, -0.05) is 29.3 Å². The highest BCUT2D eigenvalue weighted by molar-refractivity contribution is 6.31. The van der Waals surface area contributed by atoms with Crippen LogP contribution in [0.25, 0.3) is 6.08 Å². The number of methoxy groups -OCH3 is 2. The third-order valence-electron chi connectivity index (χ3n) is 4.50. The lowest BCUT2D eigenvalue weighted by Gasteiger charge is -2.13. The van der Waals surface area contributed by atoms with Gasteiger partial charge in [0, 0.05) is 16.3 Å². The molecule has 170 valence electrons. The second-order valence-electron chi connectivity index (χ2n) is 6.72. The first kappa shape index (κ1) is 24.1. The number of benzene rings is 3. The predicted molar refractivity (Wildman–Crippen MR) is 126 cm³/mol. The molecule has 0 aliphatic rings. The van der Waals surface area contributed by atoms with Crippen molar-refractivity contribution < 1.29 is 23.5 Å². The zero-order chi connectivity index (χ0) is 24.0. The molecule has 0 aliphatic heterocycles. The van der Waals surface area contributed by atoms with E-state index in [0.29, 0.717) is 27.6 Å². The smallest absolute Gasteiger partial charge is 0.272 e. The Kier molecular flexibility index (Phi) is 7.92. The molecule has 0 saturated carbocycles. The molecule has 3 rings (SSSR count). The Bertz CT molecular complexity index is 1210. The fourth-order valence-electron chi connectivity index (χ4n) is 2.84. The van der Waals surface area contributed by atoms with Crippen molar-refractivity contribution in [2.24, 2.45) is 0 Å². The van der Waals surface area contributed by atoms with E-state index in [9.17, 15) is 14.0 Å². The lowest BCUT2D eigenvalue weighted by molar-refractivity contribution is -0.113. The van der Waals surface area contributed by atoms with Gasteiger partial charge in [0.1, 0.15) is 11.5 Å². The van der Waals surface area contributed by atoms with E-state index in [2.05, 4.69) is 10.6 Å². The Hall–Kier alpha value is -3.55. The molecular formula is C24H19Cl2FN2O4. The molecule has 0 radical (unpaired) electrons. The largest absolute Gasteiger partial charge is 0.493 e. The third kappa shape index (κ3) is 6.25. The van der Waals surface area contributed by atoms with Crippen LogP contribution >= 0.6 is 23.2 Å². The minimum absolute atomic E-state index is 0.0670. The Morgan fingerprint density at radius 2 is 1.61 bits per heavy atom. The normalized spacial score (nSPS) is 11.0. The van der Waals surface area contributed by atoms with Crippen molar-refractivity contribution in [3.8, 4) is 11.5 Å². The standard InChI is InChI=1S/C24H19Cl2FN2O4/c1-32-21-10-3-14(12-22(21)33-2)11-20(29-23(30)15-4-6-16(25)7-5-15)24(31)28-17-8-9-19(27)18(26)13-17/h3-13H,1-2H3,(H,28,31)(H,29,30)/b20-11+. The fourth-order valence-corrected chi connectivity index (χ4v) is 3.14. The molecule has 9 heteroatoms.